The molecule has 0 saturated heterocycles. The van der Waals surface area contributed by atoms with Gasteiger partial charge in [0.2, 0.25) is 17.6 Å². The third-order valence-corrected chi connectivity index (χ3v) is 4.12. The number of rotatable bonds is 9. The molecule has 1 amide bonds. The van der Waals surface area contributed by atoms with Gasteiger partial charge in [-0.2, -0.15) is 4.98 Å². The number of nitrogens with one attached hydrogen (secondary N) is 1. The summed E-state index contributed by atoms with van der Waals surface area (Å²) in [7, 11) is 1.65. The molecule has 2 heterocycles. The zero-order valence-electron chi connectivity index (χ0n) is 15.2. The summed E-state index contributed by atoms with van der Waals surface area (Å²) >= 11 is 0. The highest BCUT2D eigenvalue weighted by molar-refractivity contribution is 5.75. The Kier molecular flexibility index (Phi) is 6.51. The molecule has 7 nitrogen and oxygen atoms in total. The fourth-order valence-corrected chi connectivity index (χ4v) is 2.61. The van der Waals surface area contributed by atoms with Crippen molar-refractivity contribution in [3.63, 3.8) is 0 Å². The van der Waals surface area contributed by atoms with Gasteiger partial charge < -0.3 is 14.6 Å². The first-order chi connectivity index (χ1) is 13.2. The van der Waals surface area contributed by atoms with Gasteiger partial charge in [-0.25, -0.2) is 0 Å². The average molecular weight is 366 g/mol. The highest BCUT2D eigenvalue weighted by Crippen LogP contribution is 2.15. The van der Waals surface area contributed by atoms with E-state index >= 15 is 0 Å². The summed E-state index contributed by atoms with van der Waals surface area (Å²) in [5.74, 6) is 1.70. The van der Waals surface area contributed by atoms with Crippen molar-refractivity contribution in [2.24, 2.45) is 0 Å². The molecule has 1 N–H and O–H groups in total. The molecule has 0 fully saturated rings. The molecule has 0 radical (unpaired) electrons. The van der Waals surface area contributed by atoms with Crippen molar-refractivity contribution in [2.45, 2.75) is 32.2 Å². The molecule has 0 saturated carbocycles. The number of hydrogen-bond donors (Lipinski definition) is 1. The summed E-state index contributed by atoms with van der Waals surface area (Å²) in [5.41, 5.74) is 2.07. The van der Waals surface area contributed by atoms with Crippen LogP contribution in [0.4, 0.5) is 0 Å². The van der Waals surface area contributed by atoms with E-state index in [2.05, 4.69) is 32.6 Å². The quantitative estimate of drug-likeness (QED) is 0.585. The van der Waals surface area contributed by atoms with Crippen LogP contribution in [0.1, 0.15) is 30.7 Å². The third-order valence-electron chi connectivity index (χ3n) is 4.12. The van der Waals surface area contributed by atoms with Crippen LogP contribution in [0.15, 0.2) is 53.3 Å². The van der Waals surface area contributed by atoms with E-state index < -0.39 is 0 Å². The molecular formula is C20H22N4O3. The van der Waals surface area contributed by atoms with Crippen molar-refractivity contribution >= 4 is 5.91 Å². The van der Waals surface area contributed by atoms with Gasteiger partial charge in [0.15, 0.2) is 0 Å². The predicted octanol–water partition coefficient (Wildman–Crippen LogP) is 3.17. The zero-order valence-corrected chi connectivity index (χ0v) is 15.2. The summed E-state index contributed by atoms with van der Waals surface area (Å²) in [6, 6.07) is 11.6. The summed E-state index contributed by atoms with van der Waals surface area (Å²) in [5, 5.41) is 6.73. The van der Waals surface area contributed by atoms with E-state index in [1.807, 2.05) is 12.1 Å². The van der Waals surface area contributed by atoms with Crippen LogP contribution in [0.3, 0.4) is 0 Å². The van der Waals surface area contributed by atoms with Crippen LogP contribution in [0.2, 0.25) is 0 Å². The Morgan fingerprint density at radius 3 is 2.63 bits per heavy atom. The Morgan fingerprint density at radius 2 is 1.89 bits per heavy atom. The summed E-state index contributed by atoms with van der Waals surface area (Å²) in [6.07, 6.45) is 6.52. The molecule has 0 spiro atoms. The number of benzene rings is 1. The number of ether oxygens (including phenoxy) is 1. The maximum Gasteiger partial charge on any atom is 0.246 e. The van der Waals surface area contributed by atoms with Crippen molar-refractivity contribution in [2.75, 3.05) is 7.11 Å². The summed E-state index contributed by atoms with van der Waals surface area (Å²) in [6.45, 7) is 0.232. The van der Waals surface area contributed by atoms with Gasteiger partial charge in [0.25, 0.3) is 0 Å². The van der Waals surface area contributed by atoms with E-state index in [4.69, 9.17) is 9.26 Å². The normalized spacial score (nSPS) is 10.6. The van der Waals surface area contributed by atoms with Gasteiger partial charge in [-0.15, -0.1) is 0 Å². The van der Waals surface area contributed by atoms with Crippen LogP contribution >= 0.6 is 0 Å². The SMILES string of the molecule is COc1ccc(CCCCC(=O)NCc2nc(-c3ccncc3)no2)cc1. The molecule has 2 aromatic heterocycles. The number of aryl methyl sites for hydroxylation is 1. The fourth-order valence-electron chi connectivity index (χ4n) is 2.61. The molecule has 3 rings (SSSR count). The Balaban J connectivity index is 1.35. The molecule has 0 atom stereocenters. The summed E-state index contributed by atoms with van der Waals surface area (Å²) in [4.78, 5) is 20.2. The largest absolute Gasteiger partial charge is 0.497 e. The molecule has 0 aliphatic heterocycles. The minimum Gasteiger partial charge on any atom is -0.497 e. The van der Waals surface area contributed by atoms with Crippen LogP contribution in [-0.4, -0.2) is 28.1 Å². The lowest BCUT2D eigenvalue weighted by Gasteiger charge is -2.04. The monoisotopic (exact) mass is 366 g/mol. The lowest BCUT2D eigenvalue weighted by atomic mass is 10.1. The van der Waals surface area contributed by atoms with Gasteiger partial charge >= 0.3 is 0 Å². The Labute approximate surface area is 157 Å². The number of methoxy groups -OCH3 is 1. The van der Waals surface area contributed by atoms with Crippen molar-refractivity contribution in [1.82, 2.24) is 20.4 Å². The molecule has 0 aliphatic carbocycles. The van der Waals surface area contributed by atoms with E-state index in [9.17, 15) is 4.79 Å². The van der Waals surface area contributed by atoms with Crippen LogP contribution in [0, 0.1) is 0 Å². The number of amides is 1. The molecule has 0 unspecified atom stereocenters. The highest BCUT2D eigenvalue weighted by Gasteiger charge is 2.09. The molecule has 27 heavy (non-hydrogen) atoms. The van der Waals surface area contributed by atoms with E-state index in [1.165, 1.54) is 5.56 Å². The minimum atomic E-state index is -0.0200. The van der Waals surface area contributed by atoms with Crippen molar-refractivity contribution in [3.8, 4) is 17.1 Å². The van der Waals surface area contributed by atoms with Crippen LogP contribution in [0.25, 0.3) is 11.4 Å². The number of pyridine rings is 1. The van der Waals surface area contributed by atoms with E-state index in [0.29, 0.717) is 18.1 Å². The first-order valence-corrected chi connectivity index (χ1v) is 8.87. The first kappa shape index (κ1) is 18.6. The number of carbonyl (C=O) groups is 1. The van der Waals surface area contributed by atoms with Crippen LogP contribution in [-0.2, 0) is 17.8 Å². The van der Waals surface area contributed by atoms with Gasteiger partial charge in [-0.1, -0.05) is 17.3 Å². The molecule has 7 heteroatoms. The molecule has 140 valence electrons. The second kappa shape index (κ2) is 9.47. The highest BCUT2D eigenvalue weighted by atomic mass is 16.5. The van der Waals surface area contributed by atoms with Gasteiger partial charge in [-0.3, -0.25) is 9.78 Å². The smallest absolute Gasteiger partial charge is 0.246 e. The molecule has 0 aliphatic rings. The number of aromatic nitrogens is 3. The van der Waals surface area contributed by atoms with E-state index in [-0.39, 0.29) is 12.5 Å². The number of unbranched alkanes of at least 4 members (excludes halogenated alkanes) is 1. The Morgan fingerprint density at radius 1 is 1.11 bits per heavy atom. The average Bonchev–Trinajstić information content (AvgIpc) is 3.20. The fraction of sp³-hybridized carbons (Fsp3) is 0.300. The second-order valence-corrected chi connectivity index (χ2v) is 6.08. The number of carbonyl (C=O) groups excluding carboxylic acids is 1. The Bertz CT molecular complexity index is 847. The van der Waals surface area contributed by atoms with E-state index in [1.54, 1.807) is 31.6 Å². The molecule has 1 aromatic carbocycles. The molecular weight excluding hydrogens is 344 g/mol. The minimum absolute atomic E-state index is 0.0200. The van der Waals surface area contributed by atoms with Gasteiger partial charge in [0, 0.05) is 24.4 Å². The second-order valence-electron chi connectivity index (χ2n) is 6.08. The predicted molar refractivity (Wildman–Crippen MR) is 99.9 cm³/mol. The molecule has 3 aromatic rings. The van der Waals surface area contributed by atoms with Crippen molar-refractivity contribution in [3.05, 3.63) is 60.2 Å². The first-order valence-electron chi connectivity index (χ1n) is 8.87. The maximum absolute atomic E-state index is 12.0. The third kappa shape index (κ3) is 5.64. The lowest BCUT2D eigenvalue weighted by Crippen LogP contribution is -2.22. The van der Waals surface area contributed by atoms with Crippen LogP contribution < -0.4 is 10.1 Å². The van der Waals surface area contributed by atoms with Gasteiger partial charge in [-0.05, 0) is 49.1 Å². The van der Waals surface area contributed by atoms with Crippen molar-refractivity contribution in [1.29, 1.82) is 0 Å². The zero-order chi connectivity index (χ0) is 18.9. The van der Waals surface area contributed by atoms with Crippen LogP contribution in [0.5, 0.6) is 5.75 Å². The Hall–Kier alpha value is -3.22. The number of nitrogens with zero attached hydrogens (tertiary/aromatic N) is 3. The number of hydrogen-bond acceptors (Lipinski definition) is 6. The van der Waals surface area contributed by atoms with Gasteiger partial charge in [0.1, 0.15) is 5.75 Å². The molecule has 0 bridgehead atoms. The standard InChI is InChI=1S/C20H22N4O3/c1-26-17-8-6-15(7-9-17)4-2-3-5-18(25)22-14-19-23-20(24-27-19)16-10-12-21-13-11-16/h6-13H,2-5,14H2,1H3,(H,22,25). The van der Waals surface area contributed by atoms with Gasteiger partial charge in [0.05, 0.1) is 13.7 Å². The lowest BCUT2D eigenvalue weighted by molar-refractivity contribution is -0.121. The van der Waals surface area contributed by atoms with Crippen molar-refractivity contribution < 1.29 is 14.1 Å². The maximum atomic E-state index is 12.0. The van der Waals surface area contributed by atoms with E-state index in [0.717, 1.165) is 30.6 Å². The summed E-state index contributed by atoms with van der Waals surface area (Å²) < 4.78 is 10.3. The topological polar surface area (TPSA) is 90.1 Å².